The summed E-state index contributed by atoms with van der Waals surface area (Å²) in [4.78, 5) is 21.2. The summed E-state index contributed by atoms with van der Waals surface area (Å²) in [5, 5.41) is 10.4. The average Bonchev–Trinajstić information content (AvgIpc) is 3.12. The third-order valence-electron chi connectivity index (χ3n) is 3.95. The maximum Gasteiger partial charge on any atom is 0.379 e. The summed E-state index contributed by atoms with van der Waals surface area (Å²) in [6.45, 7) is 0. The van der Waals surface area contributed by atoms with Crippen LogP contribution < -0.4 is 4.74 Å². The molecule has 0 saturated heterocycles. The van der Waals surface area contributed by atoms with Crippen LogP contribution in [-0.2, 0) is 5.75 Å². The Morgan fingerprint density at radius 3 is 2.75 bits per heavy atom. The zero-order chi connectivity index (χ0) is 19.3. The SMILES string of the molecule is N#Cc1cccc(OC(=O)c2oc3ccccc3c2CSc2ncccn2)c1. The molecule has 0 aliphatic carbocycles. The number of para-hydroxylation sites is 1. The molecule has 2 aromatic heterocycles. The summed E-state index contributed by atoms with van der Waals surface area (Å²) >= 11 is 1.40. The Hall–Kier alpha value is -3.63. The lowest BCUT2D eigenvalue weighted by molar-refractivity contribution is 0.0702. The summed E-state index contributed by atoms with van der Waals surface area (Å²) in [6.07, 6.45) is 3.33. The van der Waals surface area contributed by atoms with E-state index < -0.39 is 5.97 Å². The zero-order valence-corrected chi connectivity index (χ0v) is 15.3. The van der Waals surface area contributed by atoms with Gasteiger partial charge in [0.15, 0.2) is 5.16 Å². The van der Waals surface area contributed by atoms with Crippen molar-refractivity contribution in [1.82, 2.24) is 9.97 Å². The molecule has 0 fully saturated rings. The van der Waals surface area contributed by atoms with Gasteiger partial charge in [0.05, 0.1) is 11.6 Å². The number of carbonyl (C=O) groups is 1. The first kappa shape index (κ1) is 17.8. The number of fused-ring (bicyclic) bond motifs is 1. The molecule has 6 nitrogen and oxygen atoms in total. The molecule has 28 heavy (non-hydrogen) atoms. The molecule has 0 atom stereocenters. The number of nitrogens with zero attached hydrogens (tertiary/aromatic N) is 3. The molecule has 4 aromatic rings. The number of rotatable bonds is 5. The lowest BCUT2D eigenvalue weighted by Crippen LogP contribution is -2.09. The van der Waals surface area contributed by atoms with Gasteiger partial charge in [-0.15, -0.1) is 0 Å². The third-order valence-corrected chi connectivity index (χ3v) is 4.85. The van der Waals surface area contributed by atoms with Crippen LogP contribution in [0.2, 0.25) is 0 Å². The van der Waals surface area contributed by atoms with Gasteiger partial charge in [-0.25, -0.2) is 14.8 Å². The zero-order valence-electron chi connectivity index (χ0n) is 14.5. The van der Waals surface area contributed by atoms with Crippen LogP contribution in [0.1, 0.15) is 21.7 Å². The summed E-state index contributed by atoms with van der Waals surface area (Å²) < 4.78 is 11.2. The van der Waals surface area contributed by atoms with Crippen molar-refractivity contribution in [2.45, 2.75) is 10.9 Å². The van der Waals surface area contributed by atoms with Crippen molar-refractivity contribution in [3.05, 3.63) is 83.9 Å². The fourth-order valence-electron chi connectivity index (χ4n) is 2.69. The second-order valence-electron chi connectivity index (χ2n) is 5.76. The second-order valence-corrected chi connectivity index (χ2v) is 6.70. The van der Waals surface area contributed by atoms with Gasteiger partial charge in [0.2, 0.25) is 5.76 Å². The highest BCUT2D eigenvalue weighted by Crippen LogP contribution is 2.31. The van der Waals surface area contributed by atoms with Crippen LogP contribution in [0.15, 0.2) is 76.6 Å². The molecule has 0 bridgehead atoms. The normalized spacial score (nSPS) is 10.5. The maximum atomic E-state index is 12.8. The van der Waals surface area contributed by atoms with Crippen molar-refractivity contribution in [1.29, 1.82) is 5.26 Å². The number of ether oxygens (including phenoxy) is 1. The van der Waals surface area contributed by atoms with E-state index in [0.29, 0.717) is 22.1 Å². The Kier molecular flexibility index (Phi) is 5.04. The Morgan fingerprint density at radius 2 is 1.93 bits per heavy atom. The van der Waals surface area contributed by atoms with Gasteiger partial charge in [0, 0.05) is 29.1 Å². The molecule has 0 radical (unpaired) electrons. The van der Waals surface area contributed by atoms with E-state index in [0.717, 1.165) is 10.9 Å². The van der Waals surface area contributed by atoms with Crippen molar-refractivity contribution in [3.8, 4) is 11.8 Å². The first-order chi connectivity index (χ1) is 13.7. The molecule has 0 spiro atoms. The highest BCUT2D eigenvalue weighted by molar-refractivity contribution is 7.98. The van der Waals surface area contributed by atoms with Gasteiger partial charge >= 0.3 is 5.97 Å². The molecule has 136 valence electrons. The molecule has 0 unspecified atom stereocenters. The molecule has 0 aliphatic heterocycles. The van der Waals surface area contributed by atoms with Gasteiger partial charge in [-0.3, -0.25) is 0 Å². The second kappa shape index (κ2) is 7.94. The third kappa shape index (κ3) is 3.72. The van der Waals surface area contributed by atoms with E-state index in [1.165, 1.54) is 17.8 Å². The van der Waals surface area contributed by atoms with Gasteiger partial charge < -0.3 is 9.15 Å². The number of benzene rings is 2. The van der Waals surface area contributed by atoms with Crippen molar-refractivity contribution >= 4 is 28.7 Å². The Labute approximate surface area is 164 Å². The highest BCUT2D eigenvalue weighted by Gasteiger charge is 2.23. The first-order valence-corrected chi connectivity index (χ1v) is 9.36. The Balaban J connectivity index is 1.65. The van der Waals surface area contributed by atoms with Crippen LogP contribution in [0.4, 0.5) is 0 Å². The average molecular weight is 387 g/mol. The molecule has 4 rings (SSSR count). The van der Waals surface area contributed by atoms with Crippen molar-refractivity contribution in [3.63, 3.8) is 0 Å². The van der Waals surface area contributed by atoms with Crippen LogP contribution in [-0.4, -0.2) is 15.9 Å². The summed E-state index contributed by atoms with van der Waals surface area (Å²) in [7, 11) is 0. The minimum absolute atomic E-state index is 0.131. The van der Waals surface area contributed by atoms with E-state index in [2.05, 4.69) is 9.97 Å². The standard InChI is InChI=1S/C21H13N3O3S/c22-12-14-5-3-6-15(11-14)26-20(25)19-17(13-28-21-23-9-4-10-24-21)16-7-1-2-8-18(16)27-19/h1-11H,13H2. The summed E-state index contributed by atoms with van der Waals surface area (Å²) in [6, 6.07) is 17.6. The van der Waals surface area contributed by atoms with E-state index in [9.17, 15) is 4.79 Å². The number of carbonyl (C=O) groups excluding carboxylic acids is 1. The van der Waals surface area contributed by atoms with E-state index in [-0.39, 0.29) is 11.5 Å². The van der Waals surface area contributed by atoms with Gasteiger partial charge in [0.1, 0.15) is 11.3 Å². The maximum absolute atomic E-state index is 12.8. The molecule has 0 aliphatic rings. The topological polar surface area (TPSA) is 89.0 Å². The number of thioether (sulfide) groups is 1. The molecule has 0 amide bonds. The monoisotopic (exact) mass is 387 g/mol. The number of nitriles is 1. The highest BCUT2D eigenvalue weighted by atomic mass is 32.2. The fourth-order valence-corrected chi connectivity index (χ4v) is 3.52. The Morgan fingerprint density at radius 1 is 1.11 bits per heavy atom. The van der Waals surface area contributed by atoms with Gasteiger partial charge in [-0.05, 0) is 30.3 Å². The number of esters is 1. The van der Waals surface area contributed by atoms with E-state index in [1.54, 1.807) is 42.7 Å². The molecule has 0 saturated carbocycles. The van der Waals surface area contributed by atoms with Crippen LogP contribution >= 0.6 is 11.8 Å². The minimum atomic E-state index is -0.615. The molecule has 0 N–H and O–H groups in total. The Bertz CT molecular complexity index is 1180. The van der Waals surface area contributed by atoms with E-state index >= 15 is 0 Å². The molecule has 2 aromatic carbocycles. The largest absolute Gasteiger partial charge is 0.449 e. The number of furan rings is 1. The van der Waals surface area contributed by atoms with Crippen LogP contribution in [0.3, 0.4) is 0 Å². The molecule has 2 heterocycles. The molecular weight excluding hydrogens is 374 g/mol. The predicted molar refractivity (Wildman–Crippen MR) is 104 cm³/mol. The van der Waals surface area contributed by atoms with Crippen LogP contribution in [0, 0.1) is 11.3 Å². The number of hydrogen-bond donors (Lipinski definition) is 0. The number of hydrogen-bond acceptors (Lipinski definition) is 7. The fraction of sp³-hybridized carbons (Fsp3) is 0.0476. The smallest absolute Gasteiger partial charge is 0.379 e. The van der Waals surface area contributed by atoms with Crippen LogP contribution in [0.25, 0.3) is 11.0 Å². The van der Waals surface area contributed by atoms with Crippen molar-refractivity contribution in [2.24, 2.45) is 0 Å². The van der Waals surface area contributed by atoms with Crippen molar-refractivity contribution in [2.75, 3.05) is 0 Å². The van der Waals surface area contributed by atoms with Gasteiger partial charge in [-0.2, -0.15) is 5.26 Å². The lowest BCUT2D eigenvalue weighted by atomic mass is 10.1. The van der Waals surface area contributed by atoms with Gasteiger partial charge in [-0.1, -0.05) is 36.0 Å². The quantitative estimate of drug-likeness (QED) is 0.214. The van der Waals surface area contributed by atoms with Crippen LogP contribution in [0.5, 0.6) is 5.75 Å². The number of aromatic nitrogens is 2. The van der Waals surface area contributed by atoms with E-state index in [4.69, 9.17) is 14.4 Å². The minimum Gasteiger partial charge on any atom is -0.449 e. The summed E-state index contributed by atoms with van der Waals surface area (Å²) in [5.74, 6) is 0.251. The predicted octanol–water partition coefficient (Wildman–Crippen LogP) is 4.61. The first-order valence-electron chi connectivity index (χ1n) is 8.37. The van der Waals surface area contributed by atoms with E-state index in [1.807, 2.05) is 24.3 Å². The molecular formula is C21H13N3O3S. The van der Waals surface area contributed by atoms with Gasteiger partial charge in [0.25, 0.3) is 0 Å². The van der Waals surface area contributed by atoms with Crippen molar-refractivity contribution < 1.29 is 13.9 Å². The lowest BCUT2D eigenvalue weighted by Gasteiger charge is -2.05. The molecule has 7 heteroatoms. The summed E-state index contributed by atoms with van der Waals surface area (Å²) in [5.41, 5.74) is 1.73.